The molecule has 1 radical (unpaired) electrons. The van der Waals surface area contributed by atoms with Crippen molar-refractivity contribution < 1.29 is 31.4 Å². The molecule has 3 nitrogen and oxygen atoms in total. The Morgan fingerprint density at radius 1 is 1.08 bits per heavy atom. The summed E-state index contributed by atoms with van der Waals surface area (Å²) in [5.41, 5.74) is 0. The molecule has 0 aliphatic rings. The van der Waals surface area contributed by atoms with Gasteiger partial charge in [0.2, 0.25) is 0 Å². The topological polar surface area (TPSA) is 63.2 Å². The summed E-state index contributed by atoms with van der Waals surface area (Å²) in [5, 5.41) is 0. The van der Waals surface area contributed by atoms with Gasteiger partial charge in [0.15, 0.2) is 0 Å². The minimum absolute atomic E-state index is 0. The molecule has 0 fully saturated rings. The van der Waals surface area contributed by atoms with Crippen LogP contribution in [0.25, 0.3) is 0 Å². The smallest absolute Gasteiger partial charge is 0.811 e. The fraction of sp³-hybridized carbons (Fsp3) is 1.00. The van der Waals surface area contributed by atoms with Crippen LogP contribution in [0.1, 0.15) is 39.0 Å². The Kier molecular flexibility index (Phi) is 10.5. The molecule has 12 heavy (non-hydrogen) atoms. The van der Waals surface area contributed by atoms with Gasteiger partial charge in [-0.05, 0) is 12.6 Å². The fourth-order valence-corrected chi connectivity index (χ4v) is 1.52. The minimum Gasteiger partial charge on any atom is -0.811 e. The van der Waals surface area contributed by atoms with E-state index < -0.39 is 7.60 Å². The van der Waals surface area contributed by atoms with E-state index in [1.807, 2.05) is 0 Å². The molecule has 0 aliphatic carbocycles. The first-order valence-electron chi connectivity index (χ1n) is 4.07. The van der Waals surface area contributed by atoms with Crippen LogP contribution in [-0.2, 0) is 21.6 Å². The van der Waals surface area contributed by atoms with Crippen LogP contribution in [0.2, 0.25) is 0 Å². The maximum absolute atomic E-state index is 10.1. The summed E-state index contributed by atoms with van der Waals surface area (Å²) in [7, 11) is -4.21. The van der Waals surface area contributed by atoms with E-state index in [1.54, 1.807) is 0 Å². The van der Waals surface area contributed by atoms with Crippen LogP contribution in [0, 0.1) is 0 Å². The molecule has 0 aliphatic heterocycles. The van der Waals surface area contributed by atoms with Gasteiger partial charge in [0, 0.05) is 0 Å². The zero-order valence-electron chi connectivity index (χ0n) is 7.22. The average Bonchev–Trinajstić information content (AvgIpc) is 1.85. The van der Waals surface area contributed by atoms with E-state index in [0.29, 0.717) is 6.42 Å². The summed E-state index contributed by atoms with van der Waals surface area (Å²) in [6.07, 6.45) is 4.52. The van der Waals surface area contributed by atoms with Crippen LogP contribution < -0.4 is 9.79 Å². The second kappa shape index (κ2) is 8.28. The Hall–Kier alpha value is 0.669. The molecule has 0 aromatic carbocycles. The standard InChI is InChI=1S/C7H17O3P.Cu/c1-2-3-4-5-6-7-11(8,9)10;/h2-7H2,1H3,(H2,8,9,10);/q;+2/p-2. The molecule has 0 bridgehead atoms. The summed E-state index contributed by atoms with van der Waals surface area (Å²) >= 11 is 0. The maximum atomic E-state index is 10.1. The molecule has 0 N–H and O–H groups in total. The van der Waals surface area contributed by atoms with E-state index in [4.69, 9.17) is 0 Å². The molecular weight excluding hydrogens is 227 g/mol. The van der Waals surface area contributed by atoms with Crippen LogP contribution in [-0.4, -0.2) is 6.16 Å². The van der Waals surface area contributed by atoms with Crippen molar-refractivity contribution in [1.29, 1.82) is 0 Å². The second-order valence-electron chi connectivity index (χ2n) is 2.75. The van der Waals surface area contributed by atoms with Gasteiger partial charge < -0.3 is 14.4 Å². The Bertz CT molecular complexity index is 135. The molecule has 0 heterocycles. The van der Waals surface area contributed by atoms with Gasteiger partial charge in [-0.2, -0.15) is 0 Å². The van der Waals surface area contributed by atoms with Crippen molar-refractivity contribution in [2.24, 2.45) is 0 Å². The molecular formula is C7H15CuO3P. The number of hydrogen-bond acceptors (Lipinski definition) is 3. The van der Waals surface area contributed by atoms with Gasteiger partial charge in [-0.15, -0.1) is 0 Å². The van der Waals surface area contributed by atoms with Crippen molar-refractivity contribution in [3.63, 3.8) is 0 Å². The molecule has 0 aromatic heterocycles. The molecule has 0 unspecified atom stereocenters. The number of rotatable bonds is 6. The van der Waals surface area contributed by atoms with Gasteiger partial charge in [0.05, 0.1) is 0 Å². The molecule has 0 spiro atoms. The van der Waals surface area contributed by atoms with Gasteiger partial charge in [-0.3, -0.25) is 0 Å². The van der Waals surface area contributed by atoms with E-state index in [9.17, 15) is 14.4 Å². The van der Waals surface area contributed by atoms with E-state index in [2.05, 4.69) is 6.92 Å². The van der Waals surface area contributed by atoms with Gasteiger partial charge in [-0.25, -0.2) is 0 Å². The first-order chi connectivity index (χ1) is 5.06. The van der Waals surface area contributed by atoms with Gasteiger partial charge in [0.1, 0.15) is 0 Å². The Balaban J connectivity index is 0. The average molecular weight is 242 g/mol. The van der Waals surface area contributed by atoms with Gasteiger partial charge >= 0.3 is 17.1 Å². The van der Waals surface area contributed by atoms with Crippen molar-refractivity contribution in [3.05, 3.63) is 0 Å². The van der Waals surface area contributed by atoms with Crippen molar-refractivity contribution in [2.45, 2.75) is 39.0 Å². The minimum atomic E-state index is -4.21. The fourth-order valence-electron chi connectivity index (χ4n) is 0.909. The summed E-state index contributed by atoms with van der Waals surface area (Å²) in [4.78, 5) is 20.3. The second-order valence-corrected chi connectivity index (χ2v) is 4.42. The maximum Gasteiger partial charge on any atom is 2.00 e. The number of hydrogen-bond donors (Lipinski definition) is 0. The summed E-state index contributed by atoms with van der Waals surface area (Å²) in [6, 6.07) is 0. The van der Waals surface area contributed by atoms with Gasteiger partial charge in [0.25, 0.3) is 0 Å². The van der Waals surface area contributed by atoms with Crippen LogP contribution in [0.15, 0.2) is 0 Å². The zero-order chi connectivity index (χ0) is 8.74. The summed E-state index contributed by atoms with van der Waals surface area (Å²) < 4.78 is 10.1. The number of unbranched alkanes of at least 4 members (excludes halogenated alkanes) is 4. The quantitative estimate of drug-likeness (QED) is 0.394. The predicted molar refractivity (Wildman–Crippen MR) is 41.2 cm³/mol. The van der Waals surface area contributed by atoms with E-state index in [-0.39, 0.29) is 23.2 Å². The monoisotopic (exact) mass is 241 g/mol. The van der Waals surface area contributed by atoms with Crippen molar-refractivity contribution in [3.8, 4) is 0 Å². The van der Waals surface area contributed by atoms with Crippen LogP contribution >= 0.6 is 7.60 Å². The zero-order valence-corrected chi connectivity index (χ0v) is 9.05. The van der Waals surface area contributed by atoms with E-state index >= 15 is 0 Å². The summed E-state index contributed by atoms with van der Waals surface area (Å²) in [6.45, 7) is 2.09. The molecule has 0 atom stereocenters. The normalized spacial score (nSPS) is 10.9. The predicted octanol–water partition coefficient (Wildman–Crippen LogP) is 0.868. The van der Waals surface area contributed by atoms with Crippen molar-refractivity contribution in [2.75, 3.05) is 6.16 Å². The van der Waals surface area contributed by atoms with Gasteiger partial charge in [-0.1, -0.05) is 40.2 Å². The molecule has 0 rings (SSSR count). The molecule has 77 valence electrons. The third-order valence-corrected chi connectivity index (χ3v) is 2.40. The summed E-state index contributed by atoms with van der Waals surface area (Å²) in [5.74, 6) is 0. The third kappa shape index (κ3) is 13.3. The molecule has 0 amide bonds. The van der Waals surface area contributed by atoms with E-state index in [1.165, 1.54) is 0 Å². The Morgan fingerprint density at radius 3 is 2.00 bits per heavy atom. The molecule has 0 saturated carbocycles. The van der Waals surface area contributed by atoms with E-state index in [0.717, 1.165) is 25.7 Å². The Labute approximate surface area is 84.6 Å². The first-order valence-corrected chi connectivity index (χ1v) is 5.80. The molecule has 5 heteroatoms. The van der Waals surface area contributed by atoms with Crippen LogP contribution in [0.4, 0.5) is 0 Å². The largest absolute Gasteiger partial charge is 2.00 e. The van der Waals surface area contributed by atoms with Crippen molar-refractivity contribution >= 4 is 7.60 Å². The van der Waals surface area contributed by atoms with Crippen LogP contribution in [0.5, 0.6) is 0 Å². The molecule has 0 saturated heterocycles. The first kappa shape index (κ1) is 15.2. The van der Waals surface area contributed by atoms with Crippen molar-refractivity contribution in [1.82, 2.24) is 0 Å². The third-order valence-electron chi connectivity index (χ3n) is 1.54. The Morgan fingerprint density at radius 2 is 1.58 bits per heavy atom. The van der Waals surface area contributed by atoms with Crippen LogP contribution in [0.3, 0.4) is 0 Å². The SMILES string of the molecule is CCCCCCCP(=O)([O-])[O-].[Cu+2]. The molecule has 0 aromatic rings.